The van der Waals surface area contributed by atoms with Crippen LogP contribution in [-0.4, -0.2) is 22.6 Å². The van der Waals surface area contributed by atoms with Gasteiger partial charge in [-0.05, 0) is 12.1 Å². The van der Waals surface area contributed by atoms with E-state index in [1.54, 1.807) is 0 Å². The van der Waals surface area contributed by atoms with Crippen LogP contribution in [0.3, 0.4) is 0 Å². The molecule has 0 bridgehead atoms. The van der Waals surface area contributed by atoms with E-state index >= 15 is 0 Å². The summed E-state index contributed by atoms with van der Waals surface area (Å²) in [7, 11) is 3.71. The molecule has 0 atom stereocenters. The van der Waals surface area contributed by atoms with Gasteiger partial charge in [0, 0.05) is 6.07 Å². The summed E-state index contributed by atoms with van der Waals surface area (Å²) in [5.41, 5.74) is 0. The van der Waals surface area contributed by atoms with Crippen LogP contribution in [-0.2, 0) is 9.33 Å². The molecule has 0 aliphatic heterocycles. The highest BCUT2D eigenvalue weighted by Gasteiger charge is 2.13. The number of ether oxygens (including phenoxy) is 2. The molecular formula is C8H9ClO5S. The summed E-state index contributed by atoms with van der Waals surface area (Å²) in [4.78, 5) is 0. The van der Waals surface area contributed by atoms with Crippen molar-refractivity contribution < 1.29 is 22.1 Å². The third-order valence-electron chi connectivity index (χ3n) is 1.56. The van der Waals surface area contributed by atoms with Crippen molar-refractivity contribution in [2.24, 2.45) is 0 Å². The number of methoxy groups -OCH3 is 2. The molecule has 0 spiro atoms. The second-order valence-electron chi connectivity index (χ2n) is 2.49. The van der Waals surface area contributed by atoms with Gasteiger partial charge < -0.3 is 13.7 Å². The van der Waals surface area contributed by atoms with Crippen molar-refractivity contribution >= 4 is 20.0 Å². The Bertz CT molecular complexity index is 442. The highest BCUT2D eigenvalue weighted by atomic mass is 35.7. The molecule has 0 amide bonds. The normalized spacial score (nSPS) is 10.9. The minimum atomic E-state index is -4.08. The molecule has 1 rings (SSSR count). The fraction of sp³-hybridized carbons (Fsp3) is 0.250. The topological polar surface area (TPSA) is 61.8 Å². The van der Waals surface area contributed by atoms with Crippen LogP contribution < -0.4 is 13.7 Å². The lowest BCUT2D eigenvalue weighted by Crippen LogP contribution is -2.01. The van der Waals surface area contributed by atoms with Crippen molar-refractivity contribution in [2.45, 2.75) is 0 Å². The minimum absolute atomic E-state index is 0.00769. The maximum Gasteiger partial charge on any atom is 0.401 e. The van der Waals surface area contributed by atoms with Crippen LogP contribution >= 0.6 is 10.7 Å². The summed E-state index contributed by atoms with van der Waals surface area (Å²) in [6.45, 7) is 0. The quantitative estimate of drug-likeness (QED) is 0.761. The van der Waals surface area contributed by atoms with Crippen molar-refractivity contribution in [3.63, 3.8) is 0 Å². The van der Waals surface area contributed by atoms with Gasteiger partial charge >= 0.3 is 9.33 Å². The van der Waals surface area contributed by atoms with Crippen LogP contribution in [0.4, 0.5) is 0 Å². The third kappa shape index (κ3) is 3.49. The van der Waals surface area contributed by atoms with E-state index in [4.69, 9.17) is 20.2 Å². The molecule has 0 saturated heterocycles. The lowest BCUT2D eigenvalue weighted by atomic mass is 10.3. The van der Waals surface area contributed by atoms with Gasteiger partial charge in [-0.25, -0.2) is 0 Å². The summed E-state index contributed by atoms with van der Waals surface area (Å²) in [6.07, 6.45) is 0. The Morgan fingerprint density at radius 1 is 1.13 bits per heavy atom. The standard InChI is InChI=1S/C8H9ClO5S/c1-12-6-3-4-7(8(5-6)13-2)14-15(9,10)11/h3-5H,1-2H3. The average molecular weight is 253 g/mol. The molecule has 0 aliphatic carbocycles. The zero-order valence-corrected chi connectivity index (χ0v) is 9.63. The first-order valence-electron chi connectivity index (χ1n) is 3.82. The first-order chi connectivity index (χ1) is 6.96. The molecule has 0 aromatic heterocycles. The maximum absolute atomic E-state index is 10.7. The first kappa shape index (κ1) is 11.9. The predicted molar refractivity (Wildman–Crippen MR) is 54.9 cm³/mol. The minimum Gasteiger partial charge on any atom is -0.497 e. The van der Waals surface area contributed by atoms with Gasteiger partial charge in [-0.1, -0.05) is 0 Å². The van der Waals surface area contributed by atoms with Gasteiger partial charge in [0.05, 0.1) is 24.9 Å². The number of hydrogen-bond acceptors (Lipinski definition) is 5. The number of benzene rings is 1. The van der Waals surface area contributed by atoms with Gasteiger partial charge in [-0.2, -0.15) is 8.42 Å². The second-order valence-corrected chi connectivity index (χ2v) is 4.58. The molecule has 0 heterocycles. The molecule has 1 aromatic carbocycles. The summed E-state index contributed by atoms with van der Waals surface area (Å²) < 4.78 is 35.7. The van der Waals surface area contributed by atoms with Crippen molar-refractivity contribution in [3.05, 3.63) is 18.2 Å². The van der Waals surface area contributed by atoms with E-state index in [1.807, 2.05) is 0 Å². The highest BCUT2D eigenvalue weighted by Crippen LogP contribution is 2.32. The van der Waals surface area contributed by atoms with Gasteiger partial charge in [0.25, 0.3) is 0 Å². The molecule has 0 fully saturated rings. The molecule has 5 nitrogen and oxygen atoms in total. The van der Waals surface area contributed by atoms with E-state index in [-0.39, 0.29) is 11.5 Å². The molecular weight excluding hydrogens is 244 g/mol. The molecule has 0 radical (unpaired) electrons. The third-order valence-corrected chi connectivity index (χ3v) is 2.13. The second kappa shape index (κ2) is 4.59. The van der Waals surface area contributed by atoms with Crippen LogP contribution in [0, 0.1) is 0 Å². The molecule has 84 valence electrons. The van der Waals surface area contributed by atoms with E-state index in [1.165, 1.54) is 32.4 Å². The van der Waals surface area contributed by atoms with Gasteiger partial charge in [0.1, 0.15) is 5.75 Å². The zero-order chi connectivity index (χ0) is 11.5. The number of rotatable bonds is 4. The maximum atomic E-state index is 10.7. The molecule has 1 aromatic rings. The van der Waals surface area contributed by atoms with E-state index < -0.39 is 9.33 Å². The Labute approximate surface area is 92.1 Å². The molecule has 0 saturated carbocycles. The number of halogens is 1. The summed E-state index contributed by atoms with van der Waals surface area (Å²) in [6, 6.07) is 4.40. The van der Waals surface area contributed by atoms with Gasteiger partial charge in [0.2, 0.25) is 0 Å². The Balaban J connectivity index is 3.08. The average Bonchev–Trinajstić information content (AvgIpc) is 2.16. The van der Waals surface area contributed by atoms with E-state index in [9.17, 15) is 8.42 Å². The van der Waals surface area contributed by atoms with E-state index in [2.05, 4.69) is 4.18 Å². The van der Waals surface area contributed by atoms with Crippen LogP contribution in [0.15, 0.2) is 18.2 Å². The lowest BCUT2D eigenvalue weighted by Gasteiger charge is -2.08. The van der Waals surface area contributed by atoms with Crippen molar-refractivity contribution in [1.82, 2.24) is 0 Å². The molecule has 0 unspecified atom stereocenters. The van der Waals surface area contributed by atoms with E-state index in [0.717, 1.165) is 0 Å². The summed E-state index contributed by atoms with van der Waals surface area (Å²) in [5, 5.41) is 0. The van der Waals surface area contributed by atoms with Crippen LogP contribution in [0.1, 0.15) is 0 Å². The fourth-order valence-electron chi connectivity index (χ4n) is 0.951. The highest BCUT2D eigenvalue weighted by molar-refractivity contribution is 8.10. The number of hydrogen-bond donors (Lipinski definition) is 0. The fourth-order valence-corrected chi connectivity index (χ4v) is 1.51. The van der Waals surface area contributed by atoms with Crippen molar-refractivity contribution in [2.75, 3.05) is 14.2 Å². The van der Waals surface area contributed by atoms with Crippen LogP contribution in [0.5, 0.6) is 17.2 Å². The lowest BCUT2D eigenvalue weighted by molar-refractivity contribution is 0.379. The Morgan fingerprint density at radius 2 is 1.80 bits per heavy atom. The Morgan fingerprint density at radius 3 is 2.27 bits per heavy atom. The van der Waals surface area contributed by atoms with Gasteiger partial charge in [0.15, 0.2) is 11.5 Å². The first-order valence-corrected chi connectivity index (χ1v) is 6.06. The molecule has 15 heavy (non-hydrogen) atoms. The van der Waals surface area contributed by atoms with Crippen LogP contribution in [0.25, 0.3) is 0 Å². The largest absolute Gasteiger partial charge is 0.497 e. The van der Waals surface area contributed by atoms with Crippen molar-refractivity contribution in [3.8, 4) is 17.2 Å². The smallest absolute Gasteiger partial charge is 0.401 e. The van der Waals surface area contributed by atoms with Crippen molar-refractivity contribution in [1.29, 1.82) is 0 Å². The monoisotopic (exact) mass is 252 g/mol. The van der Waals surface area contributed by atoms with Crippen LogP contribution in [0.2, 0.25) is 0 Å². The molecule has 7 heteroatoms. The van der Waals surface area contributed by atoms with Gasteiger partial charge in [-0.15, -0.1) is 0 Å². The van der Waals surface area contributed by atoms with Gasteiger partial charge in [-0.3, -0.25) is 0 Å². The van der Waals surface area contributed by atoms with E-state index in [0.29, 0.717) is 5.75 Å². The summed E-state index contributed by atoms with van der Waals surface area (Å²) in [5.74, 6) is 0.748. The zero-order valence-electron chi connectivity index (χ0n) is 8.06. The SMILES string of the molecule is COc1ccc(OS(=O)(=O)Cl)c(OC)c1. The Hall–Kier alpha value is -1.14. The Kier molecular flexibility index (Phi) is 3.65. The predicted octanol–water partition coefficient (Wildman–Crippen LogP) is 1.57. The molecule has 0 aliphatic rings. The molecule has 0 N–H and O–H groups in total. The summed E-state index contributed by atoms with van der Waals surface area (Å²) >= 11 is 0.